The van der Waals surface area contributed by atoms with Gasteiger partial charge in [-0.05, 0) is 90.0 Å². The van der Waals surface area contributed by atoms with E-state index >= 15 is 0 Å². The first-order valence-electron chi connectivity index (χ1n) is 13.1. The minimum atomic E-state index is -0.136. The maximum atomic E-state index is 12.1. The Balaban J connectivity index is 1.49. The molecule has 1 fully saturated rings. The van der Waals surface area contributed by atoms with Gasteiger partial charge in [0.1, 0.15) is 18.1 Å². The summed E-state index contributed by atoms with van der Waals surface area (Å²) in [5.74, 6) is 2.86. The lowest BCUT2D eigenvalue weighted by molar-refractivity contribution is -0.135. The third-order valence-electron chi connectivity index (χ3n) is 6.59. The second-order valence-corrected chi connectivity index (χ2v) is 9.22. The quantitative estimate of drug-likeness (QED) is 0.149. The highest BCUT2D eigenvalue weighted by Crippen LogP contribution is 2.40. The van der Waals surface area contributed by atoms with Crippen molar-refractivity contribution in [3.63, 3.8) is 0 Å². The molecule has 6 nitrogen and oxygen atoms in total. The van der Waals surface area contributed by atoms with E-state index in [9.17, 15) is 4.79 Å². The smallest absolute Gasteiger partial charge is 0.314 e. The highest BCUT2D eigenvalue weighted by molar-refractivity contribution is 5.99. The van der Waals surface area contributed by atoms with Crippen LogP contribution in [0.5, 0.6) is 23.0 Å². The van der Waals surface area contributed by atoms with E-state index in [-0.39, 0.29) is 18.7 Å². The summed E-state index contributed by atoms with van der Waals surface area (Å²) in [5.41, 5.74) is 5.50. The molecule has 1 heterocycles. The number of rotatable bonds is 11. The first-order valence-corrected chi connectivity index (χ1v) is 13.1. The molecule has 1 aliphatic carbocycles. The van der Waals surface area contributed by atoms with E-state index in [1.165, 1.54) is 5.57 Å². The van der Waals surface area contributed by atoms with Crippen molar-refractivity contribution < 1.29 is 23.7 Å². The molecule has 3 aromatic rings. The zero-order valence-corrected chi connectivity index (χ0v) is 21.4. The molecule has 0 bridgehead atoms. The van der Waals surface area contributed by atoms with Gasteiger partial charge >= 0.3 is 5.97 Å². The van der Waals surface area contributed by atoms with Crippen LogP contribution >= 0.6 is 0 Å². The van der Waals surface area contributed by atoms with Crippen LogP contribution in [0.15, 0.2) is 66.7 Å². The van der Waals surface area contributed by atoms with E-state index in [1.54, 1.807) is 0 Å². The average Bonchev–Trinajstić information content (AvgIpc) is 3.68. The number of allylic oxidation sites excluding steroid dienone is 1. The van der Waals surface area contributed by atoms with E-state index in [2.05, 4.69) is 37.4 Å². The lowest BCUT2D eigenvalue weighted by atomic mass is 9.88. The highest BCUT2D eigenvalue weighted by Gasteiger charge is 2.31. The van der Waals surface area contributed by atoms with Crippen molar-refractivity contribution in [3.8, 4) is 23.0 Å². The molecule has 1 saturated carbocycles. The zero-order chi connectivity index (χ0) is 25.6. The van der Waals surface area contributed by atoms with Crippen molar-refractivity contribution >= 4 is 17.1 Å². The third kappa shape index (κ3) is 5.97. The zero-order valence-electron chi connectivity index (χ0n) is 21.4. The Morgan fingerprint density at radius 1 is 0.865 bits per heavy atom. The minimum Gasteiger partial charge on any atom is -0.492 e. The van der Waals surface area contributed by atoms with Gasteiger partial charge in [-0.1, -0.05) is 44.2 Å². The number of benzene rings is 3. The maximum absolute atomic E-state index is 12.1. The number of hydrogen-bond donors (Lipinski definition) is 1. The van der Waals surface area contributed by atoms with Gasteiger partial charge in [0.25, 0.3) is 0 Å². The normalized spacial score (nSPS) is 14.8. The van der Waals surface area contributed by atoms with Crippen molar-refractivity contribution in [2.24, 2.45) is 5.92 Å². The van der Waals surface area contributed by atoms with Crippen LogP contribution in [0.25, 0.3) is 11.1 Å². The number of ether oxygens (including phenoxy) is 4. The standard InChI is InChI=1S/C31H33NO5/c1-3-27(24-11-16-28-29(19-24)36-20-35-28)30(21-7-12-25(13-8-21)34-18-17-32-4-2)22-9-14-26(15-10-22)37-31(33)23-5-6-23/h7-16,19,23,32H,3-6,17-18,20H2,1-2H3. The number of fused-ring (bicyclic) bond motifs is 1. The molecule has 0 aromatic heterocycles. The fraction of sp³-hybridized carbons (Fsp3) is 0.323. The molecule has 3 aromatic carbocycles. The van der Waals surface area contributed by atoms with Gasteiger partial charge in [0.05, 0.1) is 5.92 Å². The fourth-order valence-corrected chi connectivity index (χ4v) is 4.47. The molecular formula is C31H33NO5. The van der Waals surface area contributed by atoms with Crippen molar-refractivity contribution in [2.75, 3.05) is 26.5 Å². The van der Waals surface area contributed by atoms with Crippen LogP contribution in [0.3, 0.4) is 0 Å². The highest BCUT2D eigenvalue weighted by atomic mass is 16.7. The monoisotopic (exact) mass is 499 g/mol. The van der Waals surface area contributed by atoms with E-state index in [0.29, 0.717) is 12.4 Å². The largest absolute Gasteiger partial charge is 0.492 e. The molecule has 1 N–H and O–H groups in total. The van der Waals surface area contributed by atoms with Crippen LogP contribution in [-0.4, -0.2) is 32.5 Å². The summed E-state index contributed by atoms with van der Waals surface area (Å²) in [6.07, 6.45) is 2.66. The van der Waals surface area contributed by atoms with Crippen LogP contribution in [0, 0.1) is 5.92 Å². The van der Waals surface area contributed by atoms with E-state index in [4.69, 9.17) is 18.9 Å². The van der Waals surface area contributed by atoms with Crippen molar-refractivity contribution in [2.45, 2.75) is 33.1 Å². The number of hydrogen-bond acceptors (Lipinski definition) is 6. The molecule has 0 unspecified atom stereocenters. The van der Waals surface area contributed by atoms with Crippen LogP contribution < -0.4 is 24.3 Å². The SMILES string of the molecule is CCNCCOc1ccc(C(=C(CC)c2ccc3c(c2)OCO3)c2ccc(OC(=O)C3CC3)cc2)cc1. The molecule has 192 valence electrons. The molecule has 6 heteroatoms. The predicted octanol–water partition coefficient (Wildman–Crippen LogP) is 6.09. The summed E-state index contributed by atoms with van der Waals surface area (Å²) in [4.78, 5) is 12.1. The summed E-state index contributed by atoms with van der Waals surface area (Å²) >= 11 is 0. The summed E-state index contributed by atoms with van der Waals surface area (Å²) in [7, 11) is 0. The van der Waals surface area contributed by atoms with Gasteiger partial charge in [-0.15, -0.1) is 0 Å². The molecular weight excluding hydrogens is 466 g/mol. The summed E-state index contributed by atoms with van der Waals surface area (Å²) < 4.78 is 22.6. The minimum absolute atomic E-state index is 0.0614. The van der Waals surface area contributed by atoms with E-state index < -0.39 is 0 Å². The Labute approximate surface area is 218 Å². The van der Waals surface area contributed by atoms with E-state index in [0.717, 1.165) is 71.9 Å². The topological polar surface area (TPSA) is 66.0 Å². The van der Waals surface area contributed by atoms with Gasteiger partial charge in [0.15, 0.2) is 11.5 Å². The molecule has 0 spiro atoms. The van der Waals surface area contributed by atoms with Crippen LogP contribution in [0.1, 0.15) is 49.8 Å². The molecule has 5 rings (SSSR count). The number of esters is 1. The summed E-state index contributed by atoms with van der Waals surface area (Å²) in [6, 6.07) is 22.1. The molecule has 0 saturated heterocycles. The van der Waals surface area contributed by atoms with Crippen LogP contribution in [-0.2, 0) is 4.79 Å². The molecule has 0 radical (unpaired) electrons. The average molecular weight is 500 g/mol. The van der Waals surface area contributed by atoms with Crippen molar-refractivity contribution in [1.29, 1.82) is 0 Å². The van der Waals surface area contributed by atoms with Gasteiger partial charge < -0.3 is 24.3 Å². The number of carbonyl (C=O) groups excluding carboxylic acids is 1. The van der Waals surface area contributed by atoms with Gasteiger partial charge in [0.2, 0.25) is 6.79 Å². The molecule has 0 atom stereocenters. The maximum Gasteiger partial charge on any atom is 0.314 e. The Hall–Kier alpha value is -3.77. The van der Waals surface area contributed by atoms with E-state index in [1.807, 2.05) is 48.5 Å². The Bertz CT molecular complexity index is 1260. The molecule has 2 aliphatic rings. The van der Waals surface area contributed by atoms with Gasteiger partial charge in [-0.2, -0.15) is 0 Å². The first-order chi connectivity index (χ1) is 18.2. The lowest BCUT2D eigenvalue weighted by Gasteiger charge is -2.17. The summed E-state index contributed by atoms with van der Waals surface area (Å²) in [5, 5.41) is 3.27. The Morgan fingerprint density at radius 2 is 1.51 bits per heavy atom. The van der Waals surface area contributed by atoms with Gasteiger partial charge in [-0.25, -0.2) is 0 Å². The number of likely N-dealkylation sites (N-methyl/N-ethyl adjacent to an activating group) is 1. The van der Waals surface area contributed by atoms with Crippen molar-refractivity contribution in [3.05, 3.63) is 83.4 Å². The second-order valence-electron chi connectivity index (χ2n) is 9.22. The number of nitrogens with one attached hydrogen (secondary N) is 1. The van der Waals surface area contributed by atoms with Crippen LogP contribution in [0.2, 0.25) is 0 Å². The molecule has 37 heavy (non-hydrogen) atoms. The predicted molar refractivity (Wildman–Crippen MR) is 144 cm³/mol. The molecule has 1 aliphatic heterocycles. The summed E-state index contributed by atoms with van der Waals surface area (Å²) in [6.45, 7) is 6.84. The van der Waals surface area contributed by atoms with Gasteiger partial charge in [-0.3, -0.25) is 4.79 Å². The Kier molecular flexibility index (Phi) is 7.76. The lowest BCUT2D eigenvalue weighted by Crippen LogP contribution is -2.20. The third-order valence-corrected chi connectivity index (χ3v) is 6.59. The van der Waals surface area contributed by atoms with Gasteiger partial charge in [0, 0.05) is 6.54 Å². The molecule has 0 amide bonds. The van der Waals surface area contributed by atoms with Crippen LogP contribution in [0.4, 0.5) is 0 Å². The van der Waals surface area contributed by atoms with Crippen molar-refractivity contribution in [1.82, 2.24) is 5.32 Å². The Morgan fingerprint density at radius 3 is 2.16 bits per heavy atom. The second kappa shape index (κ2) is 11.5. The first kappa shape index (κ1) is 24.9. The fourth-order valence-electron chi connectivity index (χ4n) is 4.47. The number of carbonyl (C=O) groups is 1.